The molecule has 0 aliphatic carbocycles. The van der Waals surface area contributed by atoms with Gasteiger partial charge in [0.15, 0.2) is 5.69 Å². The molecule has 0 saturated heterocycles. The molecule has 0 radical (unpaired) electrons. The Labute approximate surface area is 117 Å². The van der Waals surface area contributed by atoms with Crippen molar-refractivity contribution >= 4 is 11.8 Å². The Morgan fingerprint density at radius 2 is 2.25 bits per heavy atom. The largest absolute Gasteiger partial charge is 0.464 e. The van der Waals surface area contributed by atoms with Gasteiger partial charge in [0.25, 0.3) is 0 Å². The van der Waals surface area contributed by atoms with E-state index in [0.717, 1.165) is 25.9 Å². The van der Waals surface area contributed by atoms with Crippen LogP contribution in [0.15, 0.2) is 31.1 Å². The van der Waals surface area contributed by atoms with Crippen molar-refractivity contribution in [3.63, 3.8) is 0 Å². The molecule has 0 amide bonds. The van der Waals surface area contributed by atoms with Crippen molar-refractivity contribution in [1.82, 2.24) is 19.5 Å². The molecule has 1 N–H and O–H groups in total. The Bertz CT molecular complexity index is 541. The molecule has 0 saturated carbocycles. The van der Waals surface area contributed by atoms with E-state index in [1.165, 1.54) is 13.3 Å². The van der Waals surface area contributed by atoms with Crippen LogP contribution in [-0.2, 0) is 11.3 Å². The van der Waals surface area contributed by atoms with Gasteiger partial charge in [-0.05, 0) is 12.8 Å². The first-order valence-electron chi connectivity index (χ1n) is 6.39. The number of esters is 1. The molecule has 2 aromatic rings. The van der Waals surface area contributed by atoms with Gasteiger partial charge < -0.3 is 14.6 Å². The summed E-state index contributed by atoms with van der Waals surface area (Å²) in [4.78, 5) is 23.4. The van der Waals surface area contributed by atoms with Crippen molar-refractivity contribution in [3.8, 4) is 0 Å². The second kappa shape index (κ2) is 7.22. The van der Waals surface area contributed by atoms with E-state index in [9.17, 15) is 4.79 Å². The van der Waals surface area contributed by atoms with E-state index in [1.807, 2.05) is 10.8 Å². The fraction of sp³-hybridized carbons (Fsp3) is 0.385. The zero-order chi connectivity index (χ0) is 14.2. The molecule has 0 aromatic carbocycles. The summed E-state index contributed by atoms with van der Waals surface area (Å²) in [5.41, 5.74) is 0.205. The van der Waals surface area contributed by atoms with Crippen LogP contribution in [-0.4, -0.2) is 39.1 Å². The molecule has 2 heterocycles. The molecule has 0 spiro atoms. The van der Waals surface area contributed by atoms with Crippen LogP contribution in [0, 0.1) is 0 Å². The predicted molar refractivity (Wildman–Crippen MR) is 73.3 cm³/mol. The van der Waals surface area contributed by atoms with E-state index in [0.29, 0.717) is 5.82 Å². The number of ether oxygens (including phenoxy) is 1. The number of nitrogens with zero attached hydrogens (tertiary/aromatic N) is 4. The number of rotatable bonds is 7. The fourth-order valence-electron chi connectivity index (χ4n) is 1.71. The van der Waals surface area contributed by atoms with Crippen molar-refractivity contribution in [2.75, 3.05) is 19.0 Å². The van der Waals surface area contributed by atoms with E-state index in [-0.39, 0.29) is 5.69 Å². The third-order valence-corrected chi connectivity index (χ3v) is 2.74. The minimum atomic E-state index is -0.485. The lowest BCUT2D eigenvalue weighted by Crippen LogP contribution is -2.09. The lowest BCUT2D eigenvalue weighted by atomic mass is 10.3. The highest BCUT2D eigenvalue weighted by atomic mass is 16.5. The molecule has 2 rings (SSSR count). The number of carbonyl (C=O) groups is 1. The molecule has 106 valence electrons. The zero-order valence-electron chi connectivity index (χ0n) is 11.3. The van der Waals surface area contributed by atoms with Gasteiger partial charge in [0.2, 0.25) is 0 Å². The molecule has 0 atom stereocenters. The first kappa shape index (κ1) is 14.0. The van der Waals surface area contributed by atoms with Gasteiger partial charge in [0.1, 0.15) is 5.82 Å². The molecule has 7 heteroatoms. The molecule has 0 bridgehead atoms. The van der Waals surface area contributed by atoms with E-state index in [1.54, 1.807) is 18.7 Å². The van der Waals surface area contributed by atoms with Crippen LogP contribution >= 0.6 is 0 Å². The van der Waals surface area contributed by atoms with Crippen molar-refractivity contribution in [2.24, 2.45) is 0 Å². The van der Waals surface area contributed by atoms with Crippen LogP contribution in [0.5, 0.6) is 0 Å². The maximum atomic E-state index is 11.3. The Balaban J connectivity index is 1.72. The average Bonchev–Trinajstić information content (AvgIpc) is 2.99. The van der Waals surface area contributed by atoms with Crippen LogP contribution in [0.25, 0.3) is 0 Å². The number of methoxy groups -OCH3 is 1. The number of anilines is 1. The average molecular weight is 275 g/mol. The highest BCUT2D eigenvalue weighted by molar-refractivity contribution is 5.87. The molecule has 2 aromatic heterocycles. The second-order valence-electron chi connectivity index (χ2n) is 4.22. The summed E-state index contributed by atoms with van der Waals surface area (Å²) < 4.78 is 6.64. The molecular formula is C13H17N5O2. The first-order valence-corrected chi connectivity index (χ1v) is 6.39. The van der Waals surface area contributed by atoms with Gasteiger partial charge >= 0.3 is 5.97 Å². The third kappa shape index (κ3) is 4.04. The summed E-state index contributed by atoms with van der Waals surface area (Å²) in [7, 11) is 1.32. The molecule has 0 aliphatic heterocycles. The number of imidazole rings is 1. The molecule has 20 heavy (non-hydrogen) atoms. The molecule has 0 aliphatic rings. The van der Waals surface area contributed by atoms with Crippen LogP contribution in [0.3, 0.4) is 0 Å². The Kier molecular flexibility index (Phi) is 5.05. The van der Waals surface area contributed by atoms with Crippen LogP contribution in [0.2, 0.25) is 0 Å². The molecular weight excluding hydrogens is 258 g/mol. The third-order valence-electron chi connectivity index (χ3n) is 2.74. The van der Waals surface area contributed by atoms with E-state index in [2.05, 4.69) is 25.0 Å². The second-order valence-corrected chi connectivity index (χ2v) is 4.22. The molecule has 0 unspecified atom stereocenters. The number of aromatic nitrogens is 4. The summed E-state index contributed by atoms with van der Waals surface area (Å²) in [6.07, 6.45) is 10.5. The predicted octanol–water partition coefficient (Wildman–Crippen LogP) is 1.35. The number of hydrogen-bond donors (Lipinski definition) is 1. The maximum absolute atomic E-state index is 11.3. The standard InChI is InChI=1S/C13H17N5O2/c1-20-13(19)11-8-15-9-12(17-11)16-4-2-3-6-18-7-5-14-10-18/h5,7-10H,2-4,6H2,1H3,(H,16,17). The van der Waals surface area contributed by atoms with Crippen LogP contribution in [0.1, 0.15) is 23.3 Å². The normalized spacial score (nSPS) is 10.2. The molecule has 7 nitrogen and oxygen atoms in total. The van der Waals surface area contributed by atoms with Crippen LogP contribution < -0.4 is 5.32 Å². The van der Waals surface area contributed by atoms with Crippen molar-refractivity contribution in [3.05, 3.63) is 36.8 Å². The van der Waals surface area contributed by atoms with Gasteiger partial charge in [-0.2, -0.15) is 0 Å². The van der Waals surface area contributed by atoms with E-state index >= 15 is 0 Å². The monoisotopic (exact) mass is 275 g/mol. The number of unbranched alkanes of at least 4 members (excludes halogenated alkanes) is 1. The topological polar surface area (TPSA) is 81.9 Å². The fourth-order valence-corrected chi connectivity index (χ4v) is 1.71. The summed E-state index contributed by atoms with van der Waals surface area (Å²) >= 11 is 0. The number of carbonyl (C=O) groups excluding carboxylic acids is 1. The minimum Gasteiger partial charge on any atom is -0.464 e. The van der Waals surface area contributed by atoms with Gasteiger partial charge in [-0.15, -0.1) is 0 Å². The summed E-state index contributed by atoms with van der Waals surface area (Å²) in [6.45, 7) is 1.71. The zero-order valence-corrected chi connectivity index (χ0v) is 11.3. The Morgan fingerprint density at radius 3 is 3.00 bits per heavy atom. The first-order chi connectivity index (χ1) is 9.79. The van der Waals surface area contributed by atoms with E-state index < -0.39 is 5.97 Å². The van der Waals surface area contributed by atoms with Crippen LogP contribution in [0.4, 0.5) is 5.82 Å². The smallest absolute Gasteiger partial charge is 0.358 e. The Hall–Kier alpha value is -2.44. The summed E-state index contributed by atoms with van der Waals surface area (Å²) in [6, 6.07) is 0. The quantitative estimate of drug-likeness (QED) is 0.607. The van der Waals surface area contributed by atoms with Gasteiger partial charge in [-0.3, -0.25) is 4.98 Å². The van der Waals surface area contributed by atoms with Gasteiger partial charge in [0.05, 0.1) is 25.8 Å². The summed E-state index contributed by atoms with van der Waals surface area (Å²) in [5, 5.41) is 3.14. The summed E-state index contributed by atoms with van der Waals surface area (Å²) in [5.74, 6) is 0.0942. The number of aryl methyl sites for hydroxylation is 1. The lowest BCUT2D eigenvalue weighted by molar-refractivity contribution is 0.0593. The number of hydrogen-bond acceptors (Lipinski definition) is 6. The van der Waals surface area contributed by atoms with Crippen molar-refractivity contribution in [2.45, 2.75) is 19.4 Å². The maximum Gasteiger partial charge on any atom is 0.358 e. The van der Waals surface area contributed by atoms with Gasteiger partial charge in [-0.1, -0.05) is 0 Å². The highest BCUT2D eigenvalue weighted by Crippen LogP contribution is 2.04. The highest BCUT2D eigenvalue weighted by Gasteiger charge is 2.07. The minimum absolute atomic E-state index is 0.205. The SMILES string of the molecule is COC(=O)c1cncc(NCCCCn2ccnc2)n1. The lowest BCUT2D eigenvalue weighted by Gasteiger charge is -2.06. The molecule has 0 fully saturated rings. The number of nitrogens with one attached hydrogen (secondary N) is 1. The van der Waals surface area contributed by atoms with Gasteiger partial charge in [0, 0.05) is 25.5 Å². The Morgan fingerprint density at radius 1 is 1.35 bits per heavy atom. The van der Waals surface area contributed by atoms with Crippen molar-refractivity contribution in [1.29, 1.82) is 0 Å². The van der Waals surface area contributed by atoms with E-state index in [4.69, 9.17) is 0 Å². The van der Waals surface area contributed by atoms with Gasteiger partial charge in [-0.25, -0.2) is 14.8 Å². The van der Waals surface area contributed by atoms with Crippen molar-refractivity contribution < 1.29 is 9.53 Å².